The molecule has 128 valence electrons. The van der Waals surface area contributed by atoms with E-state index in [4.69, 9.17) is 4.42 Å². The molecule has 6 heteroatoms. The highest BCUT2D eigenvalue weighted by Gasteiger charge is 2.25. The minimum Gasteiger partial charge on any atom is -0.463 e. The lowest BCUT2D eigenvalue weighted by molar-refractivity contribution is 0.0688. The number of piperidine rings is 1. The molecule has 0 saturated carbocycles. The Balaban J connectivity index is 1.67. The first-order chi connectivity index (χ1) is 11.7. The van der Waals surface area contributed by atoms with Crippen molar-refractivity contribution in [2.45, 2.75) is 19.8 Å². The van der Waals surface area contributed by atoms with Gasteiger partial charge in [0.05, 0.1) is 12.0 Å². The molecular formula is C18H23N3O3. The monoisotopic (exact) mass is 329 g/mol. The lowest BCUT2D eigenvalue weighted by atomic mass is 9.96. The first kappa shape index (κ1) is 16.5. The van der Waals surface area contributed by atoms with Crippen LogP contribution < -0.4 is 10.9 Å². The molecule has 2 aromatic heterocycles. The molecular weight excluding hydrogens is 306 g/mol. The maximum Gasteiger partial charge on any atom is 0.261 e. The molecule has 0 aliphatic carbocycles. The van der Waals surface area contributed by atoms with Crippen molar-refractivity contribution in [3.05, 3.63) is 46.4 Å². The van der Waals surface area contributed by atoms with E-state index in [1.165, 1.54) is 0 Å². The van der Waals surface area contributed by atoms with Crippen molar-refractivity contribution in [2.75, 3.05) is 26.2 Å². The van der Waals surface area contributed by atoms with Gasteiger partial charge in [0.25, 0.3) is 11.5 Å². The third kappa shape index (κ3) is 3.59. The van der Waals surface area contributed by atoms with Crippen molar-refractivity contribution in [1.29, 1.82) is 0 Å². The molecule has 1 amide bonds. The van der Waals surface area contributed by atoms with Crippen LogP contribution in [0.5, 0.6) is 0 Å². The van der Waals surface area contributed by atoms with Gasteiger partial charge < -0.3 is 19.6 Å². The second-order valence-corrected chi connectivity index (χ2v) is 6.14. The summed E-state index contributed by atoms with van der Waals surface area (Å²) in [7, 11) is 0. The molecule has 1 aliphatic rings. The number of rotatable bonds is 5. The van der Waals surface area contributed by atoms with Gasteiger partial charge in [-0.05, 0) is 56.1 Å². The predicted octanol–water partition coefficient (Wildman–Crippen LogP) is 2.10. The Bertz CT molecular complexity index is 728. The Labute approximate surface area is 140 Å². The molecule has 3 heterocycles. The fourth-order valence-corrected chi connectivity index (χ4v) is 3.08. The molecule has 0 aromatic carbocycles. The smallest absolute Gasteiger partial charge is 0.261 e. The van der Waals surface area contributed by atoms with Gasteiger partial charge in [-0.2, -0.15) is 0 Å². The Morgan fingerprint density at radius 1 is 1.33 bits per heavy atom. The third-order valence-electron chi connectivity index (χ3n) is 4.51. The summed E-state index contributed by atoms with van der Waals surface area (Å²) in [5, 5.41) is 3.36. The predicted molar refractivity (Wildman–Crippen MR) is 91.9 cm³/mol. The topological polar surface area (TPSA) is 78.3 Å². The van der Waals surface area contributed by atoms with Crippen LogP contribution in [0.4, 0.5) is 0 Å². The second kappa shape index (κ2) is 7.49. The van der Waals surface area contributed by atoms with Crippen LogP contribution >= 0.6 is 0 Å². The van der Waals surface area contributed by atoms with Gasteiger partial charge in [0.2, 0.25) is 0 Å². The molecule has 0 atom stereocenters. The SMILES string of the molecule is CCNCC1CCN(C(=O)c2ccc(-c3ccco3)[nH]c2=O)CC1. The summed E-state index contributed by atoms with van der Waals surface area (Å²) in [6.07, 6.45) is 3.49. The van der Waals surface area contributed by atoms with E-state index in [1.54, 1.807) is 35.4 Å². The van der Waals surface area contributed by atoms with Crippen LogP contribution in [0.1, 0.15) is 30.1 Å². The fraction of sp³-hybridized carbons (Fsp3) is 0.444. The van der Waals surface area contributed by atoms with E-state index in [1.807, 2.05) is 0 Å². The molecule has 1 aliphatic heterocycles. The van der Waals surface area contributed by atoms with Gasteiger partial charge in [-0.1, -0.05) is 6.92 Å². The maximum atomic E-state index is 12.6. The Morgan fingerprint density at radius 2 is 2.12 bits per heavy atom. The highest BCUT2D eigenvalue weighted by atomic mass is 16.3. The maximum absolute atomic E-state index is 12.6. The quantitative estimate of drug-likeness (QED) is 0.880. The van der Waals surface area contributed by atoms with Crippen molar-refractivity contribution in [2.24, 2.45) is 5.92 Å². The van der Waals surface area contributed by atoms with Crippen molar-refractivity contribution in [3.63, 3.8) is 0 Å². The summed E-state index contributed by atoms with van der Waals surface area (Å²) in [5.41, 5.74) is 0.394. The van der Waals surface area contributed by atoms with Crippen LogP contribution in [0.15, 0.2) is 39.7 Å². The number of hydrogen-bond acceptors (Lipinski definition) is 4. The number of amides is 1. The number of likely N-dealkylation sites (tertiary alicyclic amines) is 1. The molecule has 1 saturated heterocycles. The third-order valence-corrected chi connectivity index (χ3v) is 4.51. The van der Waals surface area contributed by atoms with Crippen molar-refractivity contribution in [3.8, 4) is 11.5 Å². The van der Waals surface area contributed by atoms with E-state index in [2.05, 4.69) is 17.2 Å². The number of nitrogens with zero attached hydrogens (tertiary/aromatic N) is 1. The van der Waals surface area contributed by atoms with Gasteiger partial charge in [-0.25, -0.2) is 0 Å². The zero-order chi connectivity index (χ0) is 16.9. The Morgan fingerprint density at radius 3 is 2.75 bits per heavy atom. The van der Waals surface area contributed by atoms with Crippen molar-refractivity contribution in [1.82, 2.24) is 15.2 Å². The first-order valence-electron chi connectivity index (χ1n) is 8.46. The zero-order valence-electron chi connectivity index (χ0n) is 13.9. The number of pyridine rings is 1. The average molecular weight is 329 g/mol. The fourth-order valence-electron chi connectivity index (χ4n) is 3.08. The van der Waals surface area contributed by atoms with E-state index in [-0.39, 0.29) is 17.0 Å². The highest BCUT2D eigenvalue weighted by molar-refractivity contribution is 5.94. The molecule has 2 N–H and O–H groups in total. The number of aromatic nitrogens is 1. The van der Waals surface area contributed by atoms with Crippen LogP contribution in [-0.4, -0.2) is 42.0 Å². The number of carbonyl (C=O) groups excluding carboxylic acids is 1. The summed E-state index contributed by atoms with van der Waals surface area (Å²) >= 11 is 0. The van der Waals surface area contributed by atoms with Crippen LogP contribution in [0, 0.1) is 5.92 Å². The normalized spacial score (nSPS) is 15.6. The van der Waals surface area contributed by atoms with E-state index in [0.29, 0.717) is 30.5 Å². The van der Waals surface area contributed by atoms with E-state index >= 15 is 0 Å². The Kier molecular flexibility index (Phi) is 5.15. The van der Waals surface area contributed by atoms with Crippen molar-refractivity contribution >= 4 is 5.91 Å². The van der Waals surface area contributed by atoms with Crippen LogP contribution in [-0.2, 0) is 0 Å². The molecule has 6 nitrogen and oxygen atoms in total. The van der Waals surface area contributed by atoms with Crippen LogP contribution in [0.25, 0.3) is 11.5 Å². The van der Waals surface area contributed by atoms with Gasteiger partial charge in [0.15, 0.2) is 0 Å². The standard InChI is InChI=1S/C18H23N3O3/c1-2-19-12-13-7-9-21(10-8-13)18(23)14-5-6-15(20-17(14)22)16-4-3-11-24-16/h3-6,11,13,19H,2,7-10,12H2,1H3,(H,20,22). The van der Waals surface area contributed by atoms with Gasteiger partial charge in [0.1, 0.15) is 11.3 Å². The summed E-state index contributed by atoms with van der Waals surface area (Å²) in [5.74, 6) is 0.994. The Hall–Kier alpha value is -2.34. The van der Waals surface area contributed by atoms with Gasteiger partial charge in [-0.3, -0.25) is 9.59 Å². The summed E-state index contributed by atoms with van der Waals surface area (Å²) < 4.78 is 5.26. The number of hydrogen-bond donors (Lipinski definition) is 2. The molecule has 2 aromatic rings. The number of H-pyrrole nitrogens is 1. The molecule has 24 heavy (non-hydrogen) atoms. The van der Waals surface area contributed by atoms with E-state index in [0.717, 1.165) is 25.9 Å². The van der Waals surface area contributed by atoms with Crippen LogP contribution in [0.3, 0.4) is 0 Å². The molecule has 1 fully saturated rings. The largest absolute Gasteiger partial charge is 0.463 e. The first-order valence-corrected chi connectivity index (χ1v) is 8.46. The number of carbonyl (C=O) groups is 1. The minimum atomic E-state index is -0.372. The van der Waals surface area contributed by atoms with Crippen molar-refractivity contribution < 1.29 is 9.21 Å². The number of aromatic amines is 1. The molecule has 0 radical (unpaired) electrons. The number of nitrogens with one attached hydrogen (secondary N) is 2. The van der Waals surface area contributed by atoms with E-state index < -0.39 is 0 Å². The molecule has 0 unspecified atom stereocenters. The highest BCUT2D eigenvalue weighted by Crippen LogP contribution is 2.19. The average Bonchev–Trinajstić information content (AvgIpc) is 3.14. The van der Waals surface area contributed by atoms with Gasteiger partial charge >= 0.3 is 0 Å². The zero-order valence-corrected chi connectivity index (χ0v) is 13.9. The lowest BCUT2D eigenvalue weighted by Gasteiger charge is -2.32. The second-order valence-electron chi connectivity index (χ2n) is 6.14. The van der Waals surface area contributed by atoms with Gasteiger partial charge in [-0.15, -0.1) is 0 Å². The lowest BCUT2D eigenvalue weighted by Crippen LogP contribution is -2.42. The molecule has 3 rings (SSSR count). The summed E-state index contributed by atoms with van der Waals surface area (Å²) in [4.78, 5) is 29.4. The number of furan rings is 1. The van der Waals surface area contributed by atoms with Crippen LogP contribution in [0.2, 0.25) is 0 Å². The minimum absolute atomic E-state index is 0.190. The summed E-state index contributed by atoms with van der Waals surface area (Å²) in [6.45, 7) is 5.47. The molecule has 0 bridgehead atoms. The summed E-state index contributed by atoms with van der Waals surface area (Å²) in [6, 6.07) is 6.82. The van der Waals surface area contributed by atoms with Gasteiger partial charge in [0, 0.05) is 13.1 Å². The molecule has 0 spiro atoms. The van der Waals surface area contributed by atoms with E-state index in [9.17, 15) is 9.59 Å².